The normalized spacial score (nSPS) is 22.6. The SMILES string of the molecule is Cn1nccc1CCNC1CC(C)(C)CC(C)(C)C1. The van der Waals surface area contributed by atoms with Crippen LogP contribution in [-0.2, 0) is 13.5 Å². The third-order valence-corrected chi connectivity index (χ3v) is 4.29. The minimum absolute atomic E-state index is 0.464. The third-order valence-electron chi connectivity index (χ3n) is 4.29. The molecule has 3 heteroatoms. The number of hydrogen-bond donors (Lipinski definition) is 1. The third kappa shape index (κ3) is 4.07. The Morgan fingerprint density at radius 3 is 2.42 bits per heavy atom. The maximum atomic E-state index is 4.22. The van der Waals surface area contributed by atoms with Gasteiger partial charge in [-0.25, -0.2) is 0 Å². The van der Waals surface area contributed by atoms with Crippen LogP contribution in [0.2, 0.25) is 0 Å². The van der Waals surface area contributed by atoms with Gasteiger partial charge >= 0.3 is 0 Å². The van der Waals surface area contributed by atoms with Crippen molar-refractivity contribution in [1.29, 1.82) is 0 Å². The topological polar surface area (TPSA) is 29.9 Å². The van der Waals surface area contributed by atoms with Gasteiger partial charge in [0.25, 0.3) is 0 Å². The summed E-state index contributed by atoms with van der Waals surface area (Å²) in [5.74, 6) is 0. The Hall–Kier alpha value is -0.830. The first-order chi connectivity index (χ1) is 8.77. The summed E-state index contributed by atoms with van der Waals surface area (Å²) < 4.78 is 1.97. The molecule has 0 amide bonds. The highest BCUT2D eigenvalue weighted by atomic mass is 15.3. The molecule has 0 saturated heterocycles. The smallest absolute Gasteiger partial charge is 0.0492 e. The van der Waals surface area contributed by atoms with Gasteiger partial charge in [-0.05, 0) is 36.2 Å². The first-order valence-electron chi connectivity index (χ1n) is 7.48. The van der Waals surface area contributed by atoms with Gasteiger partial charge in [0, 0.05) is 37.9 Å². The van der Waals surface area contributed by atoms with Crippen LogP contribution in [0.5, 0.6) is 0 Å². The van der Waals surface area contributed by atoms with Gasteiger partial charge in [0.2, 0.25) is 0 Å². The van der Waals surface area contributed by atoms with Crippen molar-refractivity contribution >= 4 is 0 Å². The summed E-state index contributed by atoms with van der Waals surface area (Å²) in [6.45, 7) is 10.7. The van der Waals surface area contributed by atoms with Crippen LogP contribution in [0.4, 0.5) is 0 Å². The average Bonchev–Trinajstić information content (AvgIpc) is 2.59. The first-order valence-corrected chi connectivity index (χ1v) is 7.48. The molecule has 1 N–H and O–H groups in total. The molecule has 0 aliphatic heterocycles. The summed E-state index contributed by atoms with van der Waals surface area (Å²) in [6, 6.07) is 2.77. The first kappa shape index (κ1) is 14.6. The molecule has 0 spiro atoms. The van der Waals surface area contributed by atoms with Crippen molar-refractivity contribution in [3.8, 4) is 0 Å². The summed E-state index contributed by atoms with van der Waals surface area (Å²) in [4.78, 5) is 0. The minimum atomic E-state index is 0.464. The predicted octanol–water partition coefficient (Wildman–Crippen LogP) is 3.16. The molecule has 1 aliphatic rings. The molecular weight excluding hydrogens is 234 g/mol. The molecule has 1 aromatic rings. The van der Waals surface area contributed by atoms with Crippen LogP contribution in [0, 0.1) is 10.8 Å². The van der Waals surface area contributed by atoms with Gasteiger partial charge in [-0.15, -0.1) is 0 Å². The quantitative estimate of drug-likeness (QED) is 0.904. The van der Waals surface area contributed by atoms with Gasteiger partial charge in [-0.3, -0.25) is 4.68 Å². The maximum Gasteiger partial charge on any atom is 0.0492 e. The van der Waals surface area contributed by atoms with Crippen molar-refractivity contribution in [1.82, 2.24) is 15.1 Å². The van der Waals surface area contributed by atoms with Crippen LogP contribution in [0.25, 0.3) is 0 Å². The van der Waals surface area contributed by atoms with E-state index in [0.29, 0.717) is 16.9 Å². The zero-order valence-electron chi connectivity index (χ0n) is 13.2. The Balaban J connectivity index is 1.84. The summed E-state index contributed by atoms with van der Waals surface area (Å²) >= 11 is 0. The zero-order valence-corrected chi connectivity index (χ0v) is 13.2. The maximum absolute atomic E-state index is 4.22. The second-order valence-corrected chi connectivity index (χ2v) is 7.76. The predicted molar refractivity (Wildman–Crippen MR) is 80.1 cm³/mol. The van der Waals surface area contributed by atoms with Crippen LogP contribution in [0.1, 0.15) is 52.7 Å². The Labute approximate surface area is 117 Å². The van der Waals surface area contributed by atoms with E-state index in [1.807, 2.05) is 17.9 Å². The largest absolute Gasteiger partial charge is 0.314 e. The number of nitrogens with zero attached hydrogens (tertiary/aromatic N) is 2. The monoisotopic (exact) mass is 263 g/mol. The lowest BCUT2D eigenvalue weighted by Crippen LogP contribution is -2.44. The molecule has 0 aromatic carbocycles. The molecule has 0 radical (unpaired) electrons. The van der Waals surface area contributed by atoms with Crippen LogP contribution < -0.4 is 5.32 Å². The molecular formula is C16H29N3. The van der Waals surface area contributed by atoms with Crippen molar-refractivity contribution in [2.75, 3.05) is 6.54 Å². The lowest BCUT2D eigenvalue weighted by molar-refractivity contribution is 0.0854. The number of nitrogens with one attached hydrogen (secondary N) is 1. The Kier molecular flexibility index (Phi) is 4.05. The highest BCUT2D eigenvalue weighted by molar-refractivity contribution is 5.00. The van der Waals surface area contributed by atoms with E-state index < -0.39 is 0 Å². The van der Waals surface area contributed by atoms with Gasteiger partial charge in [0.05, 0.1) is 0 Å². The highest BCUT2D eigenvalue weighted by Crippen LogP contribution is 2.45. The summed E-state index contributed by atoms with van der Waals surface area (Å²) in [5.41, 5.74) is 2.24. The number of rotatable bonds is 4. The summed E-state index contributed by atoms with van der Waals surface area (Å²) in [7, 11) is 2.02. The average molecular weight is 263 g/mol. The van der Waals surface area contributed by atoms with Crippen LogP contribution in [0.3, 0.4) is 0 Å². The van der Waals surface area contributed by atoms with Crippen molar-refractivity contribution < 1.29 is 0 Å². The second-order valence-electron chi connectivity index (χ2n) is 7.76. The number of aromatic nitrogens is 2. The molecule has 0 unspecified atom stereocenters. The molecule has 1 aliphatic carbocycles. The van der Waals surface area contributed by atoms with Crippen LogP contribution >= 0.6 is 0 Å². The number of hydrogen-bond acceptors (Lipinski definition) is 2. The van der Waals surface area contributed by atoms with Crippen molar-refractivity contribution in [2.45, 2.75) is 59.4 Å². The number of aryl methyl sites for hydroxylation is 1. The van der Waals surface area contributed by atoms with E-state index in [0.717, 1.165) is 13.0 Å². The fourth-order valence-electron chi connectivity index (χ4n) is 4.04. The molecule has 1 fully saturated rings. The molecule has 1 aromatic heterocycles. The Morgan fingerprint density at radius 2 is 1.89 bits per heavy atom. The fourth-order valence-corrected chi connectivity index (χ4v) is 4.04. The second kappa shape index (κ2) is 5.28. The van der Waals surface area contributed by atoms with E-state index in [1.165, 1.54) is 25.0 Å². The molecule has 0 bridgehead atoms. The van der Waals surface area contributed by atoms with Crippen LogP contribution in [-0.4, -0.2) is 22.4 Å². The molecule has 1 saturated carbocycles. The fraction of sp³-hybridized carbons (Fsp3) is 0.812. The van der Waals surface area contributed by atoms with Crippen LogP contribution in [0.15, 0.2) is 12.3 Å². The molecule has 0 atom stereocenters. The lowest BCUT2D eigenvalue weighted by atomic mass is 9.63. The molecule has 19 heavy (non-hydrogen) atoms. The van der Waals surface area contributed by atoms with Crippen molar-refractivity contribution in [3.05, 3.63) is 18.0 Å². The zero-order chi connectivity index (χ0) is 14.1. The van der Waals surface area contributed by atoms with E-state index in [2.05, 4.69) is 44.2 Å². The molecule has 2 rings (SSSR count). The lowest BCUT2D eigenvalue weighted by Gasteiger charge is -2.45. The Morgan fingerprint density at radius 1 is 1.26 bits per heavy atom. The summed E-state index contributed by atoms with van der Waals surface area (Å²) in [6.07, 6.45) is 6.86. The van der Waals surface area contributed by atoms with Gasteiger partial charge in [0.1, 0.15) is 0 Å². The van der Waals surface area contributed by atoms with E-state index in [4.69, 9.17) is 0 Å². The van der Waals surface area contributed by atoms with E-state index in [9.17, 15) is 0 Å². The molecule has 3 nitrogen and oxygen atoms in total. The highest BCUT2D eigenvalue weighted by Gasteiger charge is 2.37. The molecule has 108 valence electrons. The summed E-state index contributed by atoms with van der Waals surface area (Å²) in [5, 5.41) is 7.97. The Bertz CT molecular complexity index is 401. The van der Waals surface area contributed by atoms with Gasteiger partial charge in [-0.1, -0.05) is 27.7 Å². The standard InChI is InChI=1S/C16H29N3/c1-15(2)10-13(11-16(3,4)12-15)17-8-6-14-7-9-18-19(14)5/h7,9,13,17H,6,8,10-12H2,1-5H3. The van der Waals surface area contributed by atoms with E-state index in [-0.39, 0.29) is 0 Å². The van der Waals surface area contributed by atoms with Gasteiger partial charge < -0.3 is 5.32 Å². The van der Waals surface area contributed by atoms with Gasteiger partial charge in [-0.2, -0.15) is 5.10 Å². The van der Waals surface area contributed by atoms with E-state index >= 15 is 0 Å². The van der Waals surface area contributed by atoms with E-state index in [1.54, 1.807) is 0 Å². The minimum Gasteiger partial charge on any atom is -0.314 e. The van der Waals surface area contributed by atoms with Crippen molar-refractivity contribution in [2.24, 2.45) is 17.9 Å². The van der Waals surface area contributed by atoms with Crippen molar-refractivity contribution in [3.63, 3.8) is 0 Å². The van der Waals surface area contributed by atoms with Gasteiger partial charge in [0.15, 0.2) is 0 Å². The molecule has 1 heterocycles.